The number of nitrogens with one attached hydrogen (secondary N) is 2. The first kappa shape index (κ1) is 21.9. The van der Waals surface area contributed by atoms with Crippen molar-refractivity contribution in [2.24, 2.45) is 10.9 Å². The van der Waals surface area contributed by atoms with Crippen LogP contribution >= 0.6 is 0 Å². The van der Waals surface area contributed by atoms with Crippen LogP contribution in [0.15, 0.2) is 60.1 Å². The fourth-order valence-corrected chi connectivity index (χ4v) is 3.45. The lowest BCUT2D eigenvalue weighted by molar-refractivity contribution is 0.296. The van der Waals surface area contributed by atoms with Crippen molar-refractivity contribution in [2.45, 2.75) is 46.3 Å². The van der Waals surface area contributed by atoms with E-state index in [1.54, 1.807) is 12.7 Å². The summed E-state index contributed by atoms with van der Waals surface area (Å²) in [5, 5.41) is 11.0. The molecule has 0 spiro atoms. The first-order valence-electron chi connectivity index (χ1n) is 11.3. The minimum Gasteiger partial charge on any atom is -0.493 e. The second kappa shape index (κ2) is 10.8. The zero-order chi connectivity index (χ0) is 22.2. The average molecular weight is 433 g/mol. The number of benzene rings is 2. The summed E-state index contributed by atoms with van der Waals surface area (Å²) in [5.41, 5.74) is 4.70. The normalized spacial score (nSPS) is 13.8. The van der Waals surface area contributed by atoms with Crippen molar-refractivity contribution in [3.05, 3.63) is 77.4 Å². The summed E-state index contributed by atoms with van der Waals surface area (Å²) in [6, 6.07) is 14.8. The van der Waals surface area contributed by atoms with Crippen molar-refractivity contribution in [2.75, 3.05) is 13.2 Å². The van der Waals surface area contributed by atoms with Crippen LogP contribution in [-0.4, -0.2) is 33.9 Å². The van der Waals surface area contributed by atoms with E-state index < -0.39 is 0 Å². The van der Waals surface area contributed by atoms with Gasteiger partial charge in [0.15, 0.2) is 5.96 Å². The monoisotopic (exact) mass is 432 g/mol. The predicted molar refractivity (Wildman–Crippen MR) is 127 cm³/mol. The second-order valence-corrected chi connectivity index (χ2v) is 8.33. The Labute approximate surface area is 189 Å². The highest BCUT2D eigenvalue weighted by atomic mass is 16.5. The molecule has 2 N–H and O–H groups in total. The Morgan fingerprint density at radius 3 is 2.81 bits per heavy atom. The van der Waals surface area contributed by atoms with Crippen LogP contribution in [0.1, 0.15) is 42.0 Å². The van der Waals surface area contributed by atoms with Crippen LogP contribution in [0, 0.1) is 12.8 Å². The Kier molecular flexibility index (Phi) is 7.38. The van der Waals surface area contributed by atoms with Gasteiger partial charge in [-0.1, -0.05) is 36.4 Å². The molecule has 0 radical (unpaired) electrons. The molecule has 1 fully saturated rings. The summed E-state index contributed by atoms with van der Waals surface area (Å²) in [5.74, 6) is 2.50. The minimum atomic E-state index is 0.597. The standard InChI is InChI=1S/C25H32N6O/c1-3-27-25(28-13-21-5-4-6-22(12-21)15-31-18-26-17-30-31)29-14-23-10-7-19(2)11-24(23)32-16-20-8-9-20/h4-7,10-12,17-18,20H,3,8-9,13-16H2,1-2H3,(H2,27,28,29). The van der Waals surface area contributed by atoms with Crippen LogP contribution in [0.25, 0.3) is 0 Å². The molecule has 1 saturated carbocycles. The van der Waals surface area contributed by atoms with Gasteiger partial charge < -0.3 is 15.4 Å². The highest BCUT2D eigenvalue weighted by Gasteiger charge is 2.22. The van der Waals surface area contributed by atoms with Gasteiger partial charge in [0.1, 0.15) is 18.4 Å². The van der Waals surface area contributed by atoms with Crippen molar-refractivity contribution in [1.82, 2.24) is 25.4 Å². The molecule has 0 amide bonds. The van der Waals surface area contributed by atoms with E-state index >= 15 is 0 Å². The molecule has 1 aliphatic rings. The van der Waals surface area contributed by atoms with Crippen molar-refractivity contribution >= 4 is 5.96 Å². The SMILES string of the molecule is CCNC(=NCc1cccc(Cn2cncn2)c1)NCc1ccc(C)cc1OCC1CC1. The number of hydrogen-bond donors (Lipinski definition) is 2. The molecule has 1 aromatic heterocycles. The van der Waals surface area contributed by atoms with E-state index in [9.17, 15) is 0 Å². The molecule has 1 aliphatic carbocycles. The summed E-state index contributed by atoms with van der Waals surface area (Å²) in [4.78, 5) is 8.79. The number of guanidine groups is 1. The molecule has 0 atom stereocenters. The number of hydrogen-bond acceptors (Lipinski definition) is 4. The smallest absolute Gasteiger partial charge is 0.191 e. The van der Waals surface area contributed by atoms with Crippen LogP contribution < -0.4 is 15.4 Å². The van der Waals surface area contributed by atoms with Gasteiger partial charge in [0.05, 0.1) is 19.7 Å². The zero-order valence-corrected chi connectivity index (χ0v) is 18.9. The van der Waals surface area contributed by atoms with E-state index in [-0.39, 0.29) is 0 Å². The zero-order valence-electron chi connectivity index (χ0n) is 18.9. The third-order valence-electron chi connectivity index (χ3n) is 5.41. The quantitative estimate of drug-likeness (QED) is 0.378. The molecule has 0 bridgehead atoms. The van der Waals surface area contributed by atoms with Crippen molar-refractivity contribution in [3.8, 4) is 5.75 Å². The number of aryl methyl sites for hydroxylation is 1. The number of aliphatic imine (C=N–C) groups is 1. The van der Waals surface area contributed by atoms with Crippen LogP contribution in [0.5, 0.6) is 5.75 Å². The number of rotatable bonds is 10. The maximum absolute atomic E-state index is 6.11. The molecule has 2 aromatic carbocycles. The average Bonchev–Trinajstić information content (AvgIpc) is 3.49. The molecule has 3 aromatic rings. The Morgan fingerprint density at radius 1 is 1.16 bits per heavy atom. The highest BCUT2D eigenvalue weighted by molar-refractivity contribution is 5.79. The van der Waals surface area contributed by atoms with Crippen molar-refractivity contribution < 1.29 is 4.74 Å². The van der Waals surface area contributed by atoms with E-state index in [1.165, 1.54) is 24.0 Å². The largest absolute Gasteiger partial charge is 0.493 e. The van der Waals surface area contributed by atoms with Crippen LogP contribution in [0.3, 0.4) is 0 Å². The summed E-state index contributed by atoms with van der Waals surface area (Å²) in [6.07, 6.45) is 5.86. The van der Waals surface area contributed by atoms with Gasteiger partial charge in [-0.2, -0.15) is 5.10 Å². The maximum Gasteiger partial charge on any atom is 0.191 e. The third-order valence-corrected chi connectivity index (χ3v) is 5.41. The third kappa shape index (κ3) is 6.57. The lowest BCUT2D eigenvalue weighted by atomic mass is 10.1. The van der Waals surface area contributed by atoms with E-state index in [0.717, 1.165) is 41.9 Å². The molecular weight excluding hydrogens is 400 g/mol. The fourth-order valence-electron chi connectivity index (χ4n) is 3.45. The van der Waals surface area contributed by atoms with Gasteiger partial charge in [-0.15, -0.1) is 0 Å². The van der Waals surface area contributed by atoms with Crippen LogP contribution in [0.2, 0.25) is 0 Å². The van der Waals surface area contributed by atoms with E-state index in [0.29, 0.717) is 19.6 Å². The predicted octanol–water partition coefficient (Wildman–Crippen LogP) is 3.68. The number of aromatic nitrogens is 3. The lowest BCUT2D eigenvalue weighted by Crippen LogP contribution is -2.36. The number of ether oxygens (including phenoxy) is 1. The Bertz CT molecular complexity index is 1030. The van der Waals surface area contributed by atoms with Gasteiger partial charge in [0.2, 0.25) is 0 Å². The van der Waals surface area contributed by atoms with Gasteiger partial charge >= 0.3 is 0 Å². The summed E-state index contributed by atoms with van der Waals surface area (Å²) in [7, 11) is 0. The molecule has 168 valence electrons. The number of nitrogens with zero attached hydrogens (tertiary/aromatic N) is 4. The Morgan fingerprint density at radius 2 is 2.03 bits per heavy atom. The molecular formula is C25H32N6O. The van der Waals surface area contributed by atoms with Gasteiger partial charge in [-0.25, -0.2) is 14.7 Å². The highest BCUT2D eigenvalue weighted by Crippen LogP contribution is 2.30. The van der Waals surface area contributed by atoms with Gasteiger partial charge in [-0.05, 0) is 55.4 Å². The van der Waals surface area contributed by atoms with E-state index in [4.69, 9.17) is 9.73 Å². The molecule has 4 rings (SSSR count). The lowest BCUT2D eigenvalue weighted by Gasteiger charge is -2.15. The molecule has 0 saturated heterocycles. The minimum absolute atomic E-state index is 0.597. The van der Waals surface area contributed by atoms with Crippen molar-refractivity contribution in [3.63, 3.8) is 0 Å². The maximum atomic E-state index is 6.11. The van der Waals surface area contributed by atoms with E-state index in [1.807, 2.05) is 4.68 Å². The van der Waals surface area contributed by atoms with Crippen molar-refractivity contribution in [1.29, 1.82) is 0 Å². The first-order chi connectivity index (χ1) is 15.7. The first-order valence-corrected chi connectivity index (χ1v) is 11.3. The molecule has 0 unspecified atom stereocenters. The Balaban J connectivity index is 1.38. The molecule has 1 heterocycles. The second-order valence-electron chi connectivity index (χ2n) is 8.33. The van der Waals surface area contributed by atoms with Gasteiger partial charge in [-0.3, -0.25) is 0 Å². The summed E-state index contributed by atoms with van der Waals surface area (Å²) < 4.78 is 7.93. The summed E-state index contributed by atoms with van der Waals surface area (Å²) >= 11 is 0. The van der Waals surface area contributed by atoms with Crippen LogP contribution in [-0.2, 0) is 19.6 Å². The fraction of sp³-hybridized carbons (Fsp3) is 0.400. The van der Waals surface area contributed by atoms with Gasteiger partial charge in [0.25, 0.3) is 0 Å². The molecule has 7 heteroatoms. The Hall–Kier alpha value is -3.35. The topological polar surface area (TPSA) is 76.4 Å². The van der Waals surface area contributed by atoms with E-state index in [2.05, 4.69) is 77.0 Å². The molecule has 32 heavy (non-hydrogen) atoms. The van der Waals surface area contributed by atoms with Gasteiger partial charge in [0, 0.05) is 18.7 Å². The van der Waals surface area contributed by atoms with Crippen LogP contribution in [0.4, 0.5) is 0 Å². The molecule has 0 aliphatic heterocycles. The summed E-state index contributed by atoms with van der Waals surface area (Å²) in [6.45, 7) is 7.76. The molecule has 7 nitrogen and oxygen atoms in total.